The highest BCUT2D eigenvalue weighted by atomic mass is 14.9. The normalized spacial score (nSPS) is 10.7. The Hall–Kier alpha value is -1.84. The first-order chi connectivity index (χ1) is 6.59. The van der Waals surface area contributed by atoms with Gasteiger partial charge in [-0.1, -0.05) is 6.07 Å². The Labute approximate surface area is 82.0 Å². The number of hydrogen-bond donors (Lipinski definition) is 2. The molecule has 72 valence electrons. The zero-order valence-corrected chi connectivity index (χ0v) is 8.20. The van der Waals surface area contributed by atoms with Crippen molar-refractivity contribution in [1.82, 2.24) is 9.97 Å². The lowest BCUT2D eigenvalue weighted by atomic mass is 10.1. The first-order valence-electron chi connectivity index (χ1n) is 4.38. The second-order valence-corrected chi connectivity index (χ2v) is 3.35. The average molecular weight is 188 g/mol. The van der Waals surface area contributed by atoms with Crippen molar-refractivity contribution < 1.29 is 0 Å². The number of aromatic nitrogens is 2. The summed E-state index contributed by atoms with van der Waals surface area (Å²) in [7, 11) is 0. The quantitative estimate of drug-likeness (QED) is 0.613. The Kier molecular flexibility index (Phi) is 1.77. The van der Waals surface area contributed by atoms with Crippen molar-refractivity contribution in [3.05, 3.63) is 23.5 Å². The standard InChI is InChI=1S/C10H12N4/c1-5-3-4-7(11)9-8(5)10(12)14-6(2)13-9/h3-4H,11H2,1-2H3,(H2,12,13,14). The van der Waals surface area contributed by atoms with E-state index in [2.05, 4.69) is 9.97 Å². The number of aryl methyl sites for hydroxylation is 2. The minimum atomic E-state index is 0.498. The van der Waals surface area contributed by atoms with Gasteiger partial charge in [-0.2, -0.15) is 0 Å². The van der Waals surface area contributed by atoms with E-state index in [1.54, 1.807) is 6.92 Å². The maximum absolute atomic E-state index is 5.82. The van der Waals surface area contributed by atoms with Crippen LogP contribution in [0.5, 0.6) is 0 Å². The Balaban J connectivity index is 3.00. The van der Waals surface area contributed by atoms with Crippen molar-refractivity contribution in [2.45, 2.75) is 13.8 Å². The molecule has 14 heavy (non-hydrogen) atoms. The second-order valence-electron chi connectivity index (χ2n) is 3.35. The third kappa shape index (κ3) is 1.16. The maximum atomic E-state index is 5.82. The van der Waals surface area contributed by atoms with Crippen molar-refractivity contribution in [1.29, 1.82) is 0 Å². The van der Waals surface area contributed by atoms with E-state index in [9.17, 15) is 0 Å². The van der Waals surface area contributed by atoms with Crippen LogP contribution in [-0.2, 0) is 0 Å². The molecule has 1 aromatic heterocycles. The number of nitrogens with zero attached hydrogens (tertiary/aromatic N) is 2. The molecule has 4 N–H and O–H groups in total. The van der Waals surface area contributed by atoms with Gasteiger partial charge in [-0.25, -0.2) is 9.97 Å². The summed E-state index contributed by atoms with van der Waals surface area (Å²) < 4.78 is 0. The monoisotopic (exact) mass is 188 g/mol. The molecule has 1 heterocycles. The highest BCUT2D eigenvalue weighted by Crippen LogP contribution is 2.26. The van der Waals surface area contributed by atoms with Crippen LogP contribution in [0, 0.1) is 13.8 Å². The summed E-state index contributed by atoms with van der Waals surface area (Å²) in [5.41, 5.74) is 14.1. The van der Waals surface area contributed by atoms with Crippen molar-refractivity contribution in [2.75, 3.05) is 11.5 Å². The number of nitrogen functional groups attached to an aromatic ring is 2. The number of anilines is 2. The summed E-state index contributed by atoms with van der Waals surface area (Å²) in [5, 5.41) is 0.857. The van der Waals surface area contributed by atoms with Crippen molar-refractivity contribution in [2.24, 2.45) is 0 Å². The van der Waals surface area contributed by atoms with Gasteiger partial charge in [-0.15, -0.1) is 0 Å². The van der Waals surface area contributed by atoms with Gasteiger partial charge in [0.25, 0.3) is 0 Å². The molecule has 0 radical (unpaired) electrons. The molecular weight excluding hydrogens is 176 g/mol. The van der Waals surface area contributed by atoms with Crippen LogP contribution in [0.2, 0.25) is 0 Å². The number of hydrogen-bond acceptors (Lipinski definition) is 4. The lowest BCUT2D eigenvalue weighted by Crippen LogP contribution is -2.01. The van der Waals surface area contributed by atoms with Gasteiger partial charge < -0.3 is 11.5 Å². The fraction of sp³-hybridized carbons (Fsp3) is 0.200. The van der Waals surface area contributed by atoms with Gasteiger partial charge in [0.05, 0.1) is 11.2 Å². The summed E-state index contributed by atoms with van der Waals surface area (Å²) in [6.07, 6.45) is 0. The Morgan fingerprint density at radius 1 is 1.07 bits per heavy atom. The second kappa shape index (κ2) is 2.83. The van der Waals surface area contributed by atoms with Gasteiger partial charge >= 0.3 is 0 Å². The van der Waals surface area contributed by atoms with Crippen LogP contribution in [0.25, 0.3) is 10.9 Å². The van der Waals surface area contributed by atoms with Gasteiger partial charge in [0.1, 0.15) is 11.6 Å². The zero-order chi connectivity index (χ0) is 10.3. The van der Waals surface area contributed by atoms with Crippen LogP contribution in [0.3, 0.4) is 0 Å². The van der Waals surface area contributed by atoms with Crippen LogP contribution >= 0.6 is 0 Å². The average Bonchev–Trinajstić information content (AvgIpc) is 2.10. The van der Waals surface area contributed by atoms with Crippen molar-refractivity contribution >= 4 is 22.4 Å². The van der Waals surface area contributed by atoms with Crippen molar-refractivity contribution in [3.8, 4) is 0 Å². The van der Waals surface area contributed by atoms with E-state index in [0.29, 0.717) is 17.3 Å². The molecule has 2 rings (SSSR count). The summed E-state index contributed by atoms with van der Waals surface area (Å²) in [4.78, 5) is 8.40. The fourth-order valence-electron chi connectivity index (χ4n) is 1.57. The van der Waals surface area contributed by atoms with Crippen molar-refractivity contribution in [3.63, 3.8) is 0 Å². The predicted octanol–water partition coefficient (Wildman–Crippen LogP) is 1.41. The Bertz CT molecular complexity index is 505. The summed E-state index contributed by atoms with van der Waals surface area (Å²) >= 11 is 0. The van der Waals surface area contributed by atoms with Crippen LogP contribution in [0.1, 0.15) is 11.4 Å². The summed E-state index contributed by atoms with van der Waals surface area (Å²) in [5.74, 6) is 1.14. The summed E-state index contributed by atoms with van der Waals surface area (Å²) in [6, 6.07) is 3.76. The molecule has 0 fully saturated rings. The van der Waals surface area contributed by atoms with E-state index in [-0.39, 0.29) is 0 Å². The predicted molar refractivity (Wildman–Crippen MR) is 57.8 cm³/mol. The highest BCUT2D eigenvalue weighted by molar-refractivity contribution is 5.97. The van der Waals surface area contributed by atoms with Gasteiger partial charge in [0.15, 0.2) is 0 Å². The fourth-order valence-corrected chi connectivity index (χ4v) is 1.57. The lowest BCUT2D eigenvalue weighted by Gasteiger charge is -2.07. The number of rotatable bonds is 0. The van der Waals surface area contributed by atoms with Crippen LogP contribution < -0.4 is 11.5 Å². The van der Waals surface area contributed by atoms with E-state index < -0.39 is 0 Å². The molecule has 0 unspecified atom stereocenters. The molecule has 1 aromatic carbocycles. The Morgan fingerprint density at radius 2 is 1.79 bits per heavy atom. The topological polar surface area (TPSA) is 77.8 Å². The van der Waals surface area contributed by atoms with Gasteiger partial charge in [-0.3, -0.25) is 0 Å². The molecular formula is C10H12N4. The van der Waals surface area contributed by atoms with E-state index in [1.807, 2.05) is 19.1 Å². The number of benzene rings is 1. The molecule has 0 saturated carbocycles. The lowest BCUT2D eigenvalue weighted by molar-refractivity contribution is 1.10. The minimum absolute atomic E-state index is 0.498. The third-order valence-electron chi connectivity index (χ3n) is 2.23. The molecule has 0 aliphatic heterocycles. The van der Waals surface area contributed by atoms with E-state index >= 15 is 0 Å². The van der Waals surface area contributed by atoms with Gasteiger partial charge in [0, 0.05) is 5.39 Å². The van der Waals surface area contributed by atoms with E-state index in [1.165, 1.54) is 0 Å². The molecule has 0 atom stereocenters. The van der Waals surface area contributed by atoms with Crippen LogP contribution in [-0.4, -0.2) is 9.97 Å². The molecule has 0 aliphatic rings. The Morgan fingerprint density at radius 3 is 2.50 bits per heavy atom. The molecule has 0 saturated heterocycles. The molecule has 4 nitrogen and oxygen atoms in total. The molecule has 4 heteroatoms. The van der Waals surface area contributed by atoms with Gasteiger partial charge in [-0.05, 0) is 25.5 Å². The smallest absolute Gasteiger partial charge is 0.135 e. The first kappa shape index (κ1) is 8.74. The zero-order valence-electron chi connectivity index (χ0n) is 8.20. The SMILES string of the molecule is Cc1nc(N)c2c(C)ccc(N)c2n1. The first-order valence-corrected chi connectivity index (χ1v) is 4.38. The maximum Gasteiger partial charge on any atom is 0.135 e. The third-order valence-corrected chi connectivity index (χ3v) is 2.23. The molecule has 0 amide bonds. The van der Waals surface area contributed by atoms with Gasteiger partial charge in [0.2, 0.25) is 0 Å². The molecule has 2 aromatic rings. The highest BCUT2D eigenvalue weighted by Gasteiger charge is 2.07. The number of nitrogens with two attached hydrogens (primary N) is 2. The number of fused-ring (bicyclic) bond motifs is 1. The largest absolute Gasteiger partial charge is 0.397 e. The molecule has 0 spiro atoms. The van der Waals surface area contributed by atoms with Crippen LogP contribution in [0.4, 0.5) is 11.5 Å². The molecule has 0 bridgehead atoms. The molecule has 0 aliphatic carbocycles. The minimum Gasteiger partial charge on any atom is -0.397 e. The van der Waals surface area contributed by atoms with Crippen LogP contribution in [0.15, 0.2) is 12.1 Å². The van der Waals surface area contributed by atoms with E-state index in [4.69, 9.17) is 11.5 Å². The van der Waals surface area contributed by atoms with E-state index in [0.717, 1.165) is 16.5 Å². The summed E-state index contributed by atoms with van der Waals surface area (Å²) in [6.45, 7) is 3.77.